The van der Waals surface area contributed by atoms with Crippen LogP contribution in [0.5, 0.6) is 0 Å². The molecule has 1 N–H and O–H groups in total. The molecular weight excluding hydrogens is 254 g/mol. The van der Waals surface area contributed by atoms with Crippen molar-refractivity contribution >= 4 is 5.69 Å². The first-order valence-corrected chi connectivity index (χ1v) is 6.26. The van der Waals surface area contributed by atoms with Crippen molar-refractivity contribution in [1.29, 1.82) is 0 Å². The molecule has 0 aliphatic heterocycles. The summed E-state index contributed by atoms with van der Waals surface area (Å²) >= 11 is 0. The lowest BCUT2D eigenvalue weighted by atomic mass is 10.2. The van der Waals surface area contributed by atoms with Crippen molar-refractivity contribution in [2.45, 2.75) is 6.54 Å². The molecule has 0 unspecified atom stereocenters. The summed E-state index contributed by atoms with van der Waals surface area (Å²) in [5.41, 5.74) is 2.97. The minimum absolute atomic E-state index is 0.650. The predicted octanol–water partition coefficient (Wildman–Crippen LogP) is 1.22. The van der Waals surface area contributed by atoms with Crippen molar-refractivity contribution in [3.05, 3.63) is 42.5 Å². The Kier molecular flexibility index (Phi) is 3.16. The highest BCUT2D eigenvalue weighted by atomic mass is 15.4. The van der Waals surface area contributed by atoms with Crippen LogP contribution in [0.25, 0.3) is 11.4 Å². The summed E-state index contributed by atoms with van der Waals surface area (Å²) in [4.78, 5) is 0. The average Bonchev–Trinajstić information content (AvgIpc) is 3.06. The molecule has 0 aliphatic carbocycles. The second-order valence-electron chi connectivity index (χ2n) is 4.58. The summed E-state index contributed by atoms with van der Waals surface area (Å²) in [6.07, 6.45) is 3.58. The second-order valence-corrected chi connectivity index (χ2v) is 4.58. The van der Waals surface area contributed by atoms with Gasteiger partial charge in [0.1, 0.15) is 12.0 Å². The molecule has 0 atom stereocenters. The first-order valence-electron chi connectivity index (χ1n) is 6.26. The fourth-order valence-corrected chi connectivity index (χ4v) is 1.95. The summed E-state index contributed by atoms with van der Waals surface area (Å²) in [5, 5.41) is 19.2. The Balaban J connectivity index is 1.69. The van der Waals surface area contributed by atoms with Crippen LogP contribution in [0.3, 0.4) is 0 Å². The lowest BCUT2D eigenvalue weighted by Gasteiger charge is -2.05. The fourth-order valence-electron chi connectivity index (χ4n) is 1.95. The molecule has 0 amide bonds. The quantitative estimate of drug-likeness (QED) is 0.771. The van der Waals surface area contributed by atoms with Gasteiger partial charge in [-0.15, -0.1) is 15.3 Å². The molecular formula is C13H15N7. The van der Waals surface area contributed by atoms with Gasteiger partial charge >= 0.3 is 0 Å². The van der Waals surface area contributed by atoms with Gasteiger partial charge in [0.25, 0.3) is 0 Å². The number of nitrogens with zero attached hydrogens (tertiary/aromatic N) is 6. The maximum absolute atomic E-state index is 4.08. The number of aryl methyl sites for hydroxylation is 2. The fraction of sp³-hybridized carbons (Fsp3) is 0.231. The SMILES string of the molecule is Cn1cc(CNc2ccc(-c3nncn3C)cc2)nn1. The Morgan fingerprint density at radius 1 is 1.10 bits per heavy atom. The summed E-state index contributed by atoms with van der Waals surface area (Å²) < 4.78 is 3.58. The zero-order chi connectivity index (χ0) is 13.9. The topological polar surface area (TPSA) is 73.5 Å². The van der Waals surface area contributed by atoms with Crippen molar-refractivity contribution in [1.82, 2.24) is 29.8 Å². The Morgan fingerprint density at radius 2 is 1.90 bits per heavy atom. The normalized spacial score (nSPS) is 10.7. The van der Waals surface area contributed by atoms with Gasteiger partial charge < -0.3 is 9.88 Å². The van der Waals surface area contributed by atoms with Crippen molar-refractivity contribution in [2.75, 3.05) is 5.32 Å². The molecule has 0 saturated heterocycles. The molecule has 7 heteroatoms. The van der Waals surface area contributed by atoms with Crippen LogP contribution in [0.15, 0.2) is 36.8 Å². The van der Waals surface area contributed by atoms with Crippen LogP contribution < -0.4 is 5.32 Å². The van der Waals surface area contributed by atoms with E-state index in [1.54, 1.807) is 11.0 Å². The Bertz CT molecular complexity index is 696. The third kappa shape index (κ3) is 2.51. The number of aromatic nitrogens is 6. The van der Waals surface area contributed by atoms with Crippen molar-refractivity contribution < 1.29 is 0 Å². The molecule has 2 aromatic heterocycles. The third-order valence-electron chi connectivity index (χ3n) is 2.98. The minimum Gasteiger partial charge on any atom is -0.379 e. The van der Waals surface area contributed by atoms with Crippen molar-refractivity contribution in [2.24, 2.45) is 14.1 Å². The van der Waals surface area contributed by atoms with E-state index in [4.69, 9.17) is 0 Å². The molecule has 1 aromatic carbocycles. The molecule has 0 spiro atoms. The van der Waals surface area contributed by atoms with E-state index in [0.717, 1.165) is 22.8 Å². The summed E-state index contributed by atoms with van der Waals surface area (Å²) in [5.74, 6) is 0.852. The Labute approximate surface area is 116 Å². The number of benzene rings is 1. The lowest BCUT2D eigenvalue weighted by molar-refractivity contribution is 0.713. The first-order chi connectivity index (χ1) is 9.72. The second kappa shape index (κ2) is 5.12. The van der Waals surface area contributed by atoms with E-state index in [1.165, 1.54) is 0 Å². The van der Waals surface area contributed by atoms with E-state index in [2.05, 4.69) is 25.8 Å². The maximum atomic E-state index is 4.08. The van der Waals surface area contributed by atoms with E-state index in [0.29, 0.717) is 6.54 Å². The molecule has 2 heterocycles. The summed E-state index contributed by atoms with van der Waals surface area (Å²) in [7, 11) is 3.78. The van der Waals surface area contributed by atoms with Crippen LogP contribution in [0, 0.1) is 0 Å². The highest BCUT2D eigenvalue weighted by molar-refractivity contribution is 5.59. The first kappa shape index (κ1) is 12.3. The standard InChI is InChI=1S/C13H15N7/c1-19-9-15-17-13(19)10-3-5-11(6-4-10)14-7-12-8-20(2)18-16-12/h3-6,8-9,14H,7H2,1-2H3. The molecule has 0 aliphatic rings. The molecule has 0 fully saturated rings. The zero-order valence-electron chi connectivity index (χ0n) is 11.4. The Morgan fingerprint density at radius 3 is 2.50 bits per heavy atom. The molecule has 3 aromatic rings. The third-order valence-corrected chi connectivity index (χ3v) is 2.98. The van der Waals surface area contributed by atoms with E-state index in [-0.39, 0.29) is 0 Å². The smallest absolute Gasteiger partial charge is 0.163 e. The monoisotopic (exact) mass is 269 g/mol. The van der Waals surface area contributed by atoms with Crippen LogP contribution in [0.1, 0.15) is 5.69 Å². The molecule has 102 valence electrons. The average molecular weight is 269 g/mol. The zero-order valence-corrected chi connectivity index (χ0v) is 11.4. The molecule has 3 rings (SSSR count). The van der Waals surface area contributed by atoms with E-state index >= 15 is 0 Å². The lowest BCUT2D eigenvalue weighted by Crippen LogP contribution is -2.00. The van der Waals surface area contributed by atoms with Gasteiger partial charge in [-0.25, -0.2) is 0 Å². The molecule has 0 radical (unpaired) electrons. The van der Waals surface area contributed by atoms with Crippen molar-refractivity contribution in [3.8, 4) is 11.4 Å². The highest BCUT2D eigenvalue weighted by Crippen LogP contribution is 2.18. The van der Waals surface area contributed by atoms with Gasteiger partial charge in [-0.3, -0.25) is 4.68 Å². The summed E-state index contributed by atoms with van der Waals surface area (Å²) in [6, 6.07) is 8.06. The van der Waals surface area contributed by atoms with Gasteiger partial charge in [0, 0.05) is 31.5 Å². The van der Waals surface area contributed by atoms with Crippen molar-refractivity contribution in [3.63, 3.8) is 0 Å². The van der Waals surface area contributed by atoms with E-state index < -0.39 is 0 Å². The number of nitrogens with one attached hydrogen (secondary N) is 1. The van der Waals surface area contributed by atoms with Crippen LogP contribution in [-0.2, 0) is 20.6 Å². The summed E-state index contributed by atoms with van der Waals surface area (Å²) in [6.45, 7) is 0.650. The van der Waals surface area contributed by atoms with Gasteiger partial charge in [0.2, 0.25) is 0 Å². The van der Waals surface area contributed by atoms with Gasteiger partial charge in [-0.1, -0.05) is 5.21 Å². The Hall–Kier alpha value is -2.70. The van der Waals surface area contributed by atoms with Crippen LogP contribution in [0.4, 0.5) is 5.69 Å². The number of hydrogen-bond donors (Lipinski definition) is 1. The van der Waals surface area contributed by atoms with E-state index in [9.17, 15) is 0 Å². The van der Waals surface area contributed by atoms with Gasteiger partial charge in [-0.05, 0) is 24.3 Å². The van der Waals surface area contributed by atoms with Gasteiger partial charge in [-0.2, -0.15) is 0 Å². The molecule has 20 heavy (non-hydrogen) atoms. The number of hydrogen-bond acceptors (Lipinski definition) is 5. The largest absolute Gasteiger partial charge is 0.379 e. The number of rotatable bonds is 4. The van der Waals surface area contributed by atoms with Gasteiger partial charge in [0.15, 0.2) is 5.82 Å². The molecule has 7 nitrogen and oxygen atoms in total. The van der Waals surface area contributed by atoms with Crippen LogP contribution in [-0.4, -0.2) is 29.8 Å². The number of anilines is 1. The van der Waals surface area contributed by atoms with Crippen LogP contribution in [0.2, 0.25) is 0 Å². The maximum Gasteiger partial charge on any atom is 0.163 e. The van der Waals surface area contributed by atoms with Crippen LogP contribution >= 0.6 is 0 Å². The minimum atomic E-state index is 0.650. The predicted molar refractivity (Wildman–Crippen MR) is 74.8 cm³/mol. The molecule has 0 saturated carbocycles. The van der Waals surface area contributed by atoms with Gasteiger partial charge in [0.05, 0.1) is 6.54 Å². The van der Waals surface area contributed by atoms with E-state index in [1.807, 2.05) is 49.1 Å². The molecule has 0 bridgehead atoms. The highest BCUT2D eigenvalue weighted by Gasteiger charge is 2.04.